The summed E-state index contributed by atoms with van der Waals surface area (Å²) in [5, 5.41) is 17.1. The average molecular weight is 460 g/mol. The Morgan fingerprint density at radius 2 is 2.12 bits per heavy atom. The van der Waals surface area contributed by atoms with Gasteiger partial charge in [-0.2, -0.15) is 10.4 Å². The number of piperidine rings is 1. The van der Waals surface area contributed by atoms with Gasteiger partial charge in [-0.05, 0) is 31.9 Å². The minimum Gasteiger partial charge on any atom is -0.382 e. The van der Waals surface area contributed by atoms with E-state index >= 15 is 0 Å². The number of aromatic nitrogens is 5. The highest BCUT2D eigenvalue weighted by Gasteiger charge is 2.27. The molecule has 3 aromatic heterocycles. The molecule has 166 valence electrons. The molecule has 3 N–H and O–H groups in total. The molecule has 0 radical (unpaired) electrons. The lowest BCUT2D eigenvalue weighted by Crippen LogP contribution is -2.31. The van der Waals surface area contributed by atoms with Gasteiger partial charge in [-0.1, -0.05) is 12.1 Å². The minimum atomic E-state index is -0.229. The van der Waals surface area contributed by atoms with Gasteiger partial charge in [0.05, 0.1) is 0 Å². The number of thiazole rings is 1. The fraction of sp³-hybridized carbons (Fsp3) is 0.273. The highest BCUT2D eigenvalue weighted by atomic mass is 32.1. The average Bonchev–Trinajstić information content (AvgIpc) is 3.43. The number of nitriles is 1. The molecule has 4 aromatic rings. The molecule has 1 amide bonds. The lowest BCUT2D eigenvalue weighted by Gasteiger charge is -2.27. The molecule has 1 unspecified atom stereocenters. The van der Waals surface area contributed by atoms with E-state index in [1.54, 1.807) is 27.7 Å². The van der Waals surface area contributed by atoms with Gasteiger partial charge in [0.2, 0.25) is 0 Å². The second-order valence-corrected chi connectivity index (χ2v) is 9.15. The van der Waals surface area contributed by atoms with Crippen LogP contribution in [0.4, 0.5) is 10.9 Å². The lowest BCUT2D eigenvalue weighted by molar-refractivity contribution is 0.102. The predicted molar refractivity (Wildman–Crippen MR) is 125 cm³/mol. The molecule has 1 fully saturated rings. The first kappa shape index (κ1) is 20.8. The molecular formula is C22H21N9OS. The molecule has 11 heteroatoms. The molecule has 4 heterocycles. The van der Waals surface area contributed by atoms with Gasteiger partial charge in [0, 0.05) is 41.2 Å². The quantitative estimate of drug-likeness (QED) is 0.444. The predicted octanol–water partition coefficient (Wildman–Crippen LogP) is 3.05. The summed E-state index contributed by atoms with van der Waals surface area (Å²) in [6, 6.07) is 7.16. The Labute approximate surface area is 193 Å². The van der Waals surface area contributed by atoms with Gasteiger partial charge in [-0.3, -0.25) is 10.1 Å². The van der Waals surface area contributed by atoms with Gasteiger partial charge >= 0.3 is 0 Å². The van der Waals surface area contributed by atoms with Crippen molar-refractivity contribution in [2.75, 3.05) is 24.1 Å². The van der Waals surface area contributed by atoms with E-state index in [0.29, 0.717) is 34.3 Å². The van der Waals surface area contributed by atoms with E-state index in [9.17, 15) is 10.1 Å². The van der Waals surface area contributed by atoms with Crippen LogP contribution in [0.25, 0.3) is 16.8 Å². The van der Waals surface area contributed by atoms with Crippen LogP contribution in [-0.4, -0.2) is 48.5 Å². The van der Waals surface area contributed by atoms with E-state index in [1.807, 2.05) is 19.1 Å². The Balaban J connectivity index is 1.48. The summed E-state index contributed by atoms with van der Waals surface area (Å²) in [6.45, 7) is 3.28. The maximum atomic E-state index is 12.6. The number of anilines is 2. The van der Waals surface area contributed by atoms with Crippen LogP contribution in [-0.2, 0) is 0 Å². The number of benzene rings is 1. The van der Waals surface area contributed by atoms with Gasteiger partial charge in [-0.25, -0.2) is 19.5 Å². The van der Waals surface area contributed by atoms with Crippen LogP contribution in [0.5, 0.6) is 0 Å². The van der Waals surface area contributed by atoms with E-state index in [-0.39, 0.29) is 11.8 Å². The van der Waals surface area contributed by atoms with Gasteiger partial charge in [0.15, 0.2) is 17.1 Å². The van der Waals surface area contributed by atoms with E-state index in [4.69, 9.17) is 10.7 Å². The first-order chi connectivity index (χ1) is 16.0. The molecule has 1 saturated heterocycles. The number of nitrogens with one attached hydrogen (secondary N) is 1. The molecule has 0 aliphatic carbocycles. The number of nitrogens with two attached hydrogens (primary N) is 1. The normalized spacial score (nSPS) is 16.0. The zero-order valence-electron chi connectivity index (χ0n) is 17.9. The summed E-state index contributed by atoms with van der Waals surface area (Å²) >= 11 is 1.42. The standard InChI is InChI=1S/C22H21N9OS/c1-13-9-25-22(33-13)29-21(32)15-6-4-14(5-7-15)17-18-19(24)26-12-27-31(18)20(28-17)16-3-2-8-30(10-16)11-23/h4-7,9,12,16H,2-3,8,10H2,1H3,(H2,24,26,27)(H,25,29,32). The van der Waals surface area contributed by atoms with Crippen molar-refractivity contribution in [2.24, 2.45) is 0 Å². The number of fused-ring (bicyclic) bond motifs is 1. The van der Waals surface area contributed by atoms with E-state index in [1.165, 1.54) is 17.7 Å². The van der Waals surface area contributed by atoms with Crippen molar-refractivity contribution in [3.8, 4) is 17.5 Å². The first-order valence-corrected chi connectivity index (χ1v) is 11.3. The largest absolute Gasteiger partial charge is 0.382 e. The molecular weight excluding hydrogens is 438 g/mol. The Hall–Kier alpha value is -4.04. The topological polar surface area (TPSA) is 138 Å². The van der Waals surface area contributed by atoms with Crippen molar-refractivity contribution in [1.82, 2.24) is 29.5 Å². The highest BCUT2D eigenvalue weighted by Crippen LogP contribution is 2.33. The van der Waals surface area contributed by atoms with E-state index in [2.05, 4.69) is 26.6 Å². The Bertz CT molecular complexity index is 1370. The van der Waals surface area contributed by atoms with Crippen LogP contribution in [0.3, 0.4) is 0 Å². The number of carbonyl (C=O) groups excluding carboxylic acids is 1. The van der Waals surface area contributed by atoms with Gasteiger partial charge in [0.1, 0.15) is 23.4 Å². The SMILES string of the molecule is Cc1cnc(NC(=O)c2ccc(-c3nc(C4CCCN(C#N)C4)n4ncnc(N)c34)cc2)s1. The zero-order valence-corrected chi connectivity index (χ0v) is 18.7. The van der Waals surface area contributed by atoms with E-state index < -0.39 is 0 Å². The summed E-state index contributed by atoms with van der Waals surface area (Å²) in [6.07, 6.45) is 7.19. The molecule has 5 rings (SSSR count). The monoisotopic (exact) mass is 459 g/mol. The Kier molecular flexibility index (Phi) is 5.35. The van der Waals surface area contributed by atoms with Crippen molar-refractivity contribution in [3.05, 3.63) is 53.1 Å². The summed E-state index contributed by atoms with van der Waals surface area (Å²) in [7, 11) is 0. The van der Waals surface area contributed by atoms with Crippen molar-refractivity contribution in [2.45, 2.75) is 25.7 Å². The zero-order chi connectivity index (χ0) is 22.9. The summed E-state index contributed by atoms with van der Waals surface area (Å²) in [5.41, 5.74) is 8.80. The first-order valence-electron chi connectivity index (χ1n) is 10.5. The number of nitrogens with zero attached hydrogens (tertiary/aromatic N) is 7. The number of hydrogen-bond donors (Lipinski definition) is 2. The lowest BCUT2D eigenvalue weighted by atomic mass is 9.98. The fourth-order valence-corrected chi connectivity index (χ4v) is 4.74. The molecule has 1 atom stereocenters. The van der Waals surface area contributed by atoms with Crippen LogP contribution < -0.4 is 11.1 Å². The smallest absolute Gasteiger partial charge is 0.257 e. The van der Waals surface area contributed by atoms with Crippen LogP contribution in [0, 0.1) is 18.4 Å². The second kappa shape index (κ2) is 8.48. The highest BCUT2D eigenvalue weighted by molar-refractivity contribution is 7.15. The summed E-state index contributed by atoms with van der Waals surface area (Å²) in [4.78, 5) is 28.6. The molecule has 1 aliphatic heterocycles. The molecule has 0 saturated carbocycles. The van der Waals surface area contributed by atoms with Crippen molar-refractivity contribution in [1.29, 1.82) is 5.26 Å². The summed E-state index contributed by atoms with van der Waals surface area (Å²) in [5.74, 6) is 0.913. The molecule has 33 heavy (non-hydrogen) atoms. The van der Waals surface area contributed by atoms with Gasteiger partial charge < -0.3 is 10.6 Å². The van der Waals surface area contributed by atoms with Crippen LogP contribution in [0.2, 0.25) is 0 Å². The Morgan fingerprint density at radius 3 is 2.85 bits per heavy atom. The van der Waals surface area contributed by atoms with Crippen LogP contribution in [0.1, 0.15) is 39.8 Å². The third-order valence-electron chi connectivity index (χ3n) is 5.68. The molecule has 1 aliphatic rings. The third-order valence-corrected chi connectivity index (χ3v) is 6.50. The number of likely N-dealkylation sites (tertiary alicyclic amines) is 1. The molecule has 1 aromatic carbocycles. The van der Waals surface area contributed by atoms with Crippen LogP contribution >= 0.6 is 11.3 Å². The number of imidazole rings is 1. The van der Waals surface area contributed by atoms with Crippen molar-refractivity contribution < 1.29 is 4.79 Å². The number of rotatable bonds is 4. The van der Waals surface area contributed by atoms with Gasteiger partial charge in [-0.15, -0.1) is 11.3 Å². The number of hydrogen-bond acceptors (Lipinski definition) is 9. The molecule has 10 nitrogen and oxygen atoms in total. The maximum absolute atomic E-state index is 12.6. The fourth-order valence-electron chi connectivity index (χ4n) is 4.08. The number of aryl methyl sites for hydroxylation is 1. The number of amides is 1. The molecule has 0 bridgehead atoms. The maximum Gasteiger partial charge on any atom is 0.257 e. The molecule has 0 spiro atoms. The van der Waals surface area contributed by atoms with Gasteiger partial charge in [0.25, 0.3) is 5.91 Å². The second-order valence-electron chi connectivity index (χ2n) is 7.92. The van der Waals surface area contributed by atoms with Crippen molar-refractivity contribution in [3.63, 3.8) is 0 Å². The van der Waals surface area contributed by atoms with Crippen LogP contribution in [0.15, 0.2) is 36.8 Å². The summed E-state index contributed by atoms with van der Waals surface area (Å²) < 4.78 is 1.73. The Morgan fingerprint density at radius 1 is 1.30 bits per heavy atom. The number of carbonyl (C=O) groups is 1. The van der Waals surface area contributed by atoms with E-state index in [0.717, 1.165) is 35.7 Å². The third kappa shape index (κ3) is 3.96. The minimum absolute atomic E-state index is 0.0563. The van der Waals surface area contributed by atoms with Crippen molar-refractivity contribution >= 4 is 33.7 Å². The number of nitrogen functional groups attached to an aromatic ring is 1.